The van der Waals surface area contributed by atoms with Crippen molar-refractivity contribution in [3.63, 3.8) is 0 Å². The molecule has 1 N–H and O–H groups in total. The van der Waals surface area contributed by atoms with Crippen LogP contribution in [0.3, 0.4) is 0 Å². The third-order valence-corrected chi connectivity index (χ3v) is 4.79. The lowest BCUT2D eigenvalue weighted by Crippen LogP contribution is -2.50. The Kier molecular flexibility index (Phi) is 3.13. The van der Waals surface area contributed by atoms with E-state index in [9.17, 15) is 14.7 Å². The van der Waals surface area contributed by atoms with Gasteiger partial charge in [-0.1, -0.05) is 36.8 Å². The minimum absolute atomic E-state index is 0.113. The number of rotatable bonds is 3. The van der Waals surface area contributed by atoms with E-state index in [2.05, 4.69) is 0 Å². The lowest BCUT2D eigenvalue weighted by molar-refractivity contribution is -0.149. The molecule has 2 amide bonds. The van der Waals surface area contributed by atoms with Crippen LogP contribution in [0.2, 0.25) is 0 Å². The summed E-state index contributed by atoms with van der Waals surface area (Å²) in [5, 5.41) is 9.85. The van der Waals surface area contributed by atoms with Gasteiger partial charge in [0.05, 0.1) is 24.0 Å². The normalized spacial score (nSPS) is 28.6. The van der Waals surface area contributed by atoms with Gasteiger partial charge in [0.2, 0.25) is 11.8 Å². The molecule has 1 saturated heterocycles. The van der Waals surface area contributed by atoms with Gasteiger partial charge >= 0.3 is 0 Å². The van der Waals surface area contributed by atoms with Gasteiger partial charge in [-0.3, -0.25) is 14.5 Å². The number of fused-ring (bicyclic) bond motifs is 1. The number of imide groups is 1. The highest BCUT2D eigenvalue weighted by Gasteiger charge is 2.55. The Morgan fingerprint density at radius 2 is 1.70 bits per heavy atom. The lowest BCUT2D eigenvalue weighted by atomic mass is 9.90. The van der Waals surface area contributed by atoms with Crippen molar-refractivity contribution in [2.75, 3.05) is 6.61 Å². The van der Waals surface area contributed by atoms with E-state index < -0.39 is 5.54 Å². The summed E-state index contributed by atoms with van der Waals surface area (Å²) in [4.78, 5) is 26.5. The largest absolute Gasteiger partial charge is 0.394 e. The van der Waals surface area contributed by atoms with Crippen molar-refractivity contribution in [2.45, 2.75) is 31.7 Å². The van der Waals surface area contributed by atoms with E-state index in [0.29, 0.717) is 0 Å². The topological polar surface area (TPSA) is 57.6 Å². The maximum absolute atomic E-state index is 12.6. The number of carbonyl (C=O) groups is 2. The quantitative estimate of drug-likeness (QED) is 0.852. The van der Waals surface area contributed by atoms with Crippen LogP contribution in [0.5, 0.6) is 0 Å². The Morgan fingerprint density at radius 3 is 2.20 bits per heavy atom. The second kappa shape index (κ2) is 4.70. The molecular weight excluding hydrogens is 254 g/mol. The molecular formula is C16H19NO3. The van der Waals surface area contributed by atoms with E-state index in [0.717, 1.165) is 24.8 Å². The van der Waals surface area contributed by atoms with Gasteiger partial charge in [0.15, 0.2) is 0 Å². The average Bonchev–Trinajstić information content (AvgIpc) is 3.04. The van der Waals surface area contributed by atoms with Crippen molar-refractivity contribution in [1.82, 2.24) is 4.90 Å². The summed E-state index contributed by atoms with van der Waals surface area (Å²) < 4.78 is 0. The molecule has 1 saturated carbocycles. The Bertz CT molecular complexity index is 520. The number of nitrogens with zero attached hydrogens (tertiary/aromatic N) is 1. The lowest BCUT2D eigenvalue weighted by Gasteiger charge is -2.37. The Morgan fingerprint density at radius 1 is 1.15 bits per heavy atom. The number of carbonyl (C=O) groups excluding carboxylic acids is 2. The number of benzene rings is 1. The van der Waals surface area contributed by atoms with Gasteiger partial charge in [-0.05, 0) is 25.3 Å². The van der Waals surface area contributed by atoms with Crippen LogP contribution in [0.15, 0.2) is 30.3 Å². The van der Waals surface area contributed by atoms with E-state index >= 15 is 0 Å². The standard InChI is InChI=1S/C16H19NO3/c1-16(10-18,11-6-3-2-4-7-11)17-14(19)12-8-5-9-13(12)15(17)20/h2-4,6-7,12-13,18H,5,8-10H2,1H3. The number of amides is 2. The molecule has 4 heteroatoms. The monoisotopic (exact) mass is 273 g/mol. The van der Waals surface area contributed by atoms with Crippen LogP contribution in [-0.2, 0) is 15.1 Å². The Hall–Kier alpha value is -1.68. The first-order chi connectivity index (χ1) is 9.59. The highest BCUT2D eigenvalue weighted by Crippen LogP contribution is 2.44. The molecule has 1 aliphatic heterocycles. The molecule has 3 rings (SSSR count). The number of likely N-dealkylation sites (tertiary alicyclic amines) is 1. The summed E-state index contributed by atoms with van der Waals surface area (Å²) in [6.07, 6.45) is 2.53. The fourth-order valence-electron chi connectivity index (χ4n) is 3.57. The molecule has 2 fully saturated rings. The first-order valence-corrected chi connectivity index (χ1v) is 7.14. The maximum atomic E-state index is 12.6. The van der Waals surface area contributed by atoms with Crippen molar-refractivity contribution in [1.29, 1.82) is 0 Å². The zero-order valence-corrected chi connectivity index (χ0v) is 11.6. The van der Waals surface area contributed by atoms with Crippen LogP contribution in [0, 0.1) is 11.8 Å². The van der Waals surface area contributed by atoms with Crippen LogP contribution >= 0.6 is 0 Å². The smallest absolute Gasteiger partial charge is 0.233 e. The molecule has 20 heavy (non-hydrogen) atoms. The van der Waals surface area contributed by atoms with Crippen LogP contribution in [-0.4, -0.2) is 28.4 Å². The molecule has 106 valence electrons. The summed E-state index contributed by atoms with van der Waals surface area (Å²) >= 11 is 0. The third kappa shape index (κ3) is 1.71. The van der Waals surface area contributed by atoms with Crippen molar-refractivity contribution in [2.24, 2.45) is 11.8 Å². The molecule has 0 bridgehead atoms. The van der Waals surface area contributed by atoms with Gasteiger partial charge in [0, 0.05) is 0 Å². The average molecular weight is 273 g/mol. The van der Waals surface area contributed by atoms with Gasteiger partial charge in [-0.15, -0.1) is 0 Å². The summed E-state index contributed by atoms with van der Waals surface area (Å²) in [6.45, 7) is 1.51. The van der Waals surface area contributed by atoms with Crippen molar-refractivity contribution >= 4 is 11.8 Å². The number of hydrogen-bond donors (Lipinski definition) is 1. The summed E-state index contributed by atoms with van der Waals surface area (Å²) in [7, 11) is 0. The fraction of sp³-hybridized carbons (Fsp3) is 0.500. The molecule has 1 aromatic rings. The minimum Gasteiger partial charge on any atom is -0.394 e. The van der Waals surface area contributed by atoms with Crippen LogP contribution in [0.25, 0.3) is 0 Å². The Labute approximate surface area is 118 Å². The molecule has 3 unspecified atom stereocenters. The highest BCUT2D eigenvalue weighted by atomic mass is 16.3. The second-order valence-corrected chi connectivity index (χ2v) is 5.95. The number of aliphatic hydroxyl groups is 1. The minimum atomic E-state index is -0.959. The number of hydrogen-bond acceptors (Lipinski definition) is 3. The number of aliphatic hydroxyl groups excluding tert-OH is 1. The summed E-state index contributed by atoms with van der Waals surface area (Å²) in [5.41, 5.74) is -0.163. The fourth-order valence-corrected chi connectivity index (χ4v) is 3.57. The van der Waals surface area contributed by atoms with Gasteiger partial charge in [0.25, 0.3) is 0 Å². The highest BCUT2D eigenvalue weighted by molar-refractivity contribution is 6.06. The summed E-state index contributed by atoms with van der Waals surface area (Å²) in [6, 6.07) is 9.30. The van der Waals surface area contributed by atoms with E-state index in [-0.39, 0.29) is 30.3 Å². The first kappa shape index (κ1) is 13.3. The van der Waals surface area contributed by atoms with E-state index in [1.54, 1.807) is 6.92 Å². The molecule has 1 heterocycles. The van der Waals surface area contributed by atoms with Crippen molar-refractivity contribution in [3.8, 4) is 0 Å². The maximum Gasteiger partial charge on any atom is 0.233 e. The Balaban J connectivity index is 2.02. The van der Waals surface area contributed by atoms with E-state index in [4.69, 9.17) is 0 Å². The molecule has 0 aromatic heterocycles. The summed E-state index contributed by atoms with van der Waals surface area (Å²) in [5.74, 6) is -0.565. The predicted molar refractivity (Wildman–Crippen MR) is 73.6 cm³/mol. The predicted octanol–water partition coefficient (Wildman–Crippen LogP) is 1.68. The van der Waals surface area contributed by atoms with Gasteiger partial charge in [0.1, 0.15) is 0 Å². The van der Waals surface area contributed by atoms with Crippen LogP contribution in [0.4, 0.5) is 0 Å². The third-order valence-electron chi connectivity index (χ3n) is 4.79. The molecule has 3 atom stereocenters. The molecule has 1 aliphatic carbocycles. The zero-order valence-electron chi connectivity index (χ0n) is 11.6. The molecule has 2 aliphatic rings. The van der Waals surface area contributed by atoms with Crippen LogP contribution < -0.4 is 0 Å². The first-order valence-electron chi connectivity index (χ1n) is 7.14. The van der Waals surface area contributed by atoms with Gasteiger partial charge in [-0.2, -0.15) is 0 Å². The molecule has 1 aromatic carbocycles. The van der Waals surface area contributed by atoms with Gasteiger partial charge in [-0.25, -0.2) is 0 Å². The SMILES string of the molecule is CC(CO)(c1ccccc1)N1C(=O)C2CCCC2C1=O. The van der Waals surface area contributed by atoms with Crippen molar-refractivity contribution in [3.05, 3.63) is 35.9 Å². The molecule has 4 nitrogen and oxygen atoms in total. The zero-order chi connectivity index (χ0) is 14.3. The van der Waals surface area contributed by atoms with Gasteiger partial charge < -0.3 is 5.11 Å². The van der Waals surface area contributed by atoms with E-state index in [1.807, 2.05) is 30.3 Å². The molecule has 0 spiro atoms. The van der Waals surface area contributed by atoms with Crippen LogP contribution in [0.1, 0.15) is 31.7 Å². The molecule has 0 radical (unpaired) electrons. The van der Waals surface area contributed by atoms with E-state index in [1.165, 1.54) is 4.90 Å². The second-order valence-electron chi connectivity index (χ2n) is 5.95. The van der Waals surface area contributed by atoms with Crippen molar-refractivity contribution < 1.29 is 14.7 Å².